The number of piperazine rings is 1. The molecule has 5 rings (SSSR count). The van der Waals surface area contributed by atoms with E-state index in [4.69, 9.17) is 15.2 Å². The summed E-state index contributed by atoms with van der Waals surface area (Å²) in [5.41, 5.74) is 9.23. The monoisotopic (exact) mass is 523 g/mol. The summed E-state index contributed by atoms with van der Waals surface area (Å²) < 4.78 is 11.6. The molecule has 0 bridgehead atoms. The number of anilines is 2. The number of carbonyl (C=O) groups excluding carboxylic acids is 2. The number of nitrogens with one attached hydrogen (secondary N) is 1. The van der Waals surface area contributed by atoms with Gasteiger partial charge in [0.05, 0.1) is 11.7 Å². The van der Waals surface area contributed by atoms with E-state index in [0.717, 1.165) is 46.0 Å². The number of amides is 2. The molecule has 1 saturated heterocycles. The Labute approximate surface area is 220 Å². The second kappa shape index (κ2) is 9.74. The molecule has 0 saturated carbocycles. The van der Waals surface area contributed by atoms with Crippen molar-refractivity contribution in [2.75, 3.05) is 43.4 Å². The quantitative estimate of drug-likeness (QED) is 0.534. The Hall–Kier alpha value is -3.53. The third kappa shape index (κ3) is 5.44. The molecule has 9 nitrogen and oxygen atoms in total. The number of aryl methyl sites for hydroxylation is 1. The Bertz CT molecular complexity index is 1340. The number of nitrogens with two attached hydrogens (primary N) is 1. The lowest BCUT2D eigenvalue weighted by atomic mass is 10.0. The van der Waals surface area contributed by atoms with Gasteiger partial charge in [-0.25, -0.2) is 9.78 Å². The Morgan fingerprint density at radius 3 is 2.65 bits per heavy atom. The number of aromatic nitrogens is 1. The van der Waals surface area contributed by atoms with Gasteiger partial charge in [0.25, 0.3) is 5.91 Å². The molecule has 3 N–H and O–H groups in total. The summed E-state index contributed by atoms with van der Waals surface area (Å²) in [7, 11) is 0. The van der Waals surface area contributed by atoms with Gasteiger partial charge >= 0.3 is 6.09 Å². The first-order valence-electron chi connectivity index (χ1n) is 12.5. The summed E-state index contributed by atoms with van der Waals surface area (Å²) in [6, 6.07) is 9.84. The molecule has 1 fully saturated rings. The number of hydrogen-bond donors (Lipinski definition) is 2. The maximum Gasteiger partial charge on any atom is 0.410 e. The zero-order valence-corrected chi connectivity index (χ0v) is 22.5. The first-order valence-corrected chi connectivity index (χ1v) is 13.3. The van der Waals surface area contributed by atoms with Gasteiger partial charge in [-0.15, -0.1) is 11.3 Å². The highest BCUT2D eigenvalue weighted by Gasteiger charge is 2.28. The Morgan fingerprint density at radius 2 is 1.92 bits per heavy atom. The number of ether oxygens (including phenoxy) is 2. The number of nitrogens with zero attached hydrogens (tertiary/aromatic N) is 3. The average Bonchev–Trinajstić information content (AvgIpc) is 3.18. The standard InChI is InChI=1S/C27H33N5O4S/c1-16-5-8-20-22(28)23(37-25(20)29-16)24(33)30-18-13-17-6-7-19(14-21(17)35-15-18)31-9-11-32(12-10-31)26(34)36-27(2,3)4/h5-8,14,18H,9-13,15,28H2,1-4H3,(H,30,33). The zero-order valence-electron chi connectivity index (χ0n) is 21.7. The van der Waals surface area contributed by atoms with Crippen LogP contribution < -0.4 is 20.7 Å². The van der Waals surface area contributed by atoms with Crippen molar-refractivity contribution in [3.8, 4) is 5.75 Å². The van der Waals surface area contributed by atoms with Crippen molar-refractivity contribution in [2.45, 2.75) is 45.8 Å². The fourth-order valence-electron chi connectivity index (χ4n) is 4.63. The van der Waals surface area contributed by atoms with E-state index in [2.05, 4.69) is 33.4 Å². The molecule has 196 valence electrons. The Kier molecular flexibility index (Phi) is 6.61. The van der Waals surface area contributed by atoms with Crippen molar-refractivity contribution in [3.05, 3.63) is 46.5 Å². The fourth-order valence-corrected chi connectivity index (χ4v) is 5.68. The number of thiophene rings is 1. The molecule has 2 aliphatic heterocycles. The average molecular weight is 524 g/mol. The minimum atomic E-state index is -0.498. The normalized spacial score (nSPS) is 17.8. The van der Waals surface area contributed by atoms with Gasteiger partial charge in [0, 0.05) is 49.0 Å². The molecule has 1 unspecified atom stereocenters. The maximum atomic E-state index is 13.0. The SMILES string of the molecule is Cc1ccc2c(N)c(C(=O)NC3COc4cc(N5CCN(C(=O)OC(C)(C)C)CC5)ccc4C3)sc2n1. The first kappa shape index (κ1) is 25.1. The van der Waals surface area contributed by atoms with Gasteiger partial charge < -0.3 is 30.3 Å². The van der Waals surface area contributed by atoms with Gasteiger partial charge in [0.1, 0.15) is 27.7 Å². The number of carbonyl (C=O) groups is 2. The van der Waals surface area contributed by atoms with Gasteiger partial charge in [-0.3, -0.25) is 4.79 Å². The van der Waals surface area contributed by atoms with Crippen molar-refractivity contribution in [1.82, 2.24) is 15.2 Å². The summed E-state index contributed by atoms with van der Waals surface area (Å²) in [5.74, 6) is 0.633. The molecule has 1 aromatic carbocycles. The largest absolute Gasteiger partial charge is 0.491 e. The molecule has 0 spiro atoms. The third-order valence-electron chi connectivity index (χ3n) is 6.53. The van der Waals surface area contributed by atoms with Crippen LogP contribution in [-0.2, 0) is 11.2 Å². The minimum Gasteiger partial charge on any atom is -0.491 e. The highest BCUT2D eigenvalue weighted by atomic mass is 32.1. The van der Waals surface area contributed by atoms with Crippen LogP contribution >= 0.6 is 11.3 Å². The van der Waals surface area contributed by atoms with E-state index in [1.807, 2.05) is 39.8 Å². The molecule has 0 aliphatic carbocycles. The fraction of sp³-hybridized carbons (Fsp3) is 0.444. The minimum absolute atomic E-state index is 0.150. The number of rotatable bonds is 3. The Morgan fingerprint density at radius 1 is 1.16 bits per heavy atom. The lowest BCUT2D eigenvalue weighted by Gasteiger charge is -2.37. The van der Waals surface area contributed by atoms with Crippen molar-refractivity contribution >= 4 is 44.9 Å². The highest BCUT2D eigenvalue weighted by Crippen LogP contribution is 2.34. The van der Waals surface area contributed by atoms with E-state index >= 15 is 0 Å². The van der Waals surface area contributed by atoms with Gasteiger partial charge in [-0.05, 0) is 57.9 Å². The van der Waals surface area contributed by atoms with E-state index < -0.39 is 5.60 Å². The summed E-state index contributed by atoms with van der Waals surface area (Å²) in [6.45, 7) is 10.6. The van der Waals surface area contributed by atoms with Crippen molar-refractivity contribution in [1.29, 1.82) is 0 Å². The van der Waals surface area contributed by atoms with Gasteiger partial charge in [0.2, 0.25) is 0 Å². The molecule has 37 heavy (non-hydrogen) atoms. The van der Waals surface area contributed by atoms with Crippen LogP contribution in [0, 0.1) is 6.92 Å². The van der Waals surface area contributed by atoms with Crippen molar-refractivity contribution in [2.24, 2.45) is 0 Å². The molecule has 4 heterocycles. The van der Waals surface area contributed by atoms with Crippen molar-refractivity contribution in [3.63, 3.8) is 0 Å². The second-order valence-corrected chi connectivity index (χ2v) is 11.6. The molecule has 2 aromatic heterocycles. The van der Waals surface area contributed by atoms with Crippen LogP contribution in [0.1, 0.15) is 41.7 Å². The number of fused-ring (bicyclic) bond motifs is 2. The van der Waals surface area contributed by atoms with E-state index in [1.54, 1.807) is 4.90 Å². The molecular formula is C27H33N5O4S. The van der Waals surface area contributed by atoms with E-state index in [-0.39, 0.29) is 18.0 Å². The van der Waals surface area contributed by atoms with Crippen LogP contribution in [0.15, 0.2) is 30.3 Å². The van der Waals surface area contributed by atoms with Crippen LogP contribution in [0.5, 0.6) is 5.75 Å². The van der Waals surface area contributed by atoms with E-state index in [9.17, 15) is 9.59 Å². The lowest BCUT2D eigenvalue weighted by molar-refractivity contribution is 0.0240. The maximum absolute atomic E-state index is 13.0. The number of pyridine rings is 1. The van der Waals surface area contributed by atoms with E-state index in [0.29, 0.717) is 36.7 Å². The predicted octanol–water partition coefficient (Wildman–Crippen LogP) is 3.98. The van der Waals surface area contributed by atoms with Gasteiger partial charge in [-0.2, -0.15) is 0 Å². The molecule has 1 atom stereocenters. The second-order valence-electron chi connectivity index (χ2n) is 10.6. The number of hydrogen-bond acceptors (Lipinski definition) is 8. The van der Waals surface area contributed by atoms with Crippen LogP contribution in [0.3, 0.4) is 0 Å². The van der Waals surface area contributed by atoms with Gasteiger partial charge in [0.15, 0.2) is 0 Å². The highest BCUT2D eigenvalue weighted by molar-refractivity contribution is 7.21. The molecule has 0 radical (unpaired) electrons. The summed E-state index contributed by atoms with van der Waals surface area (Å²) in [5, 5.41) is 3.89. The van der Waals surface area contributed by atoms with Crippen LogP contribution in [-0.4, -0.2) is 66.3 Å². The molecule has 10 heteroatoms. The van der Waals surface area contributed by atoms with Crippen LogP contribution in [0.2, 0.25) is 0 Å². The van der Waals surface area contributed by atoms with Crippen LogP contribution in [0.4, 0.5) is 16.2 Å². The Balaban J connectivity index is 1.19. The topological polar surface area (TPSA) is 110 Å². The zero-order chi connectivity index (χ0) is 26.3. The summed E-state index contributed by atoms with van der Waals surface area (Å²) >= 11 is 1.32. The lowest BCUT2D eigenvalue weighted by Crippen LogP contribution is -2.50. The summed E-state index contributed by atoms with van der Waals surface area (Å²) in [4.78, 5) is 35.1. The molecule has 2 amide bonds. The smallest absolute Gasteiger partial charge is 0.410 e. The predicted molar refractivity (Wildman–Crippen MR) is 146 cm³/mol. The summed E-state index contributed by atoms with van der Waals surface area (Å²) in [6.07, 6.45) is 0.411. The van der Waals surface area contributed by atoms with Gasteiger partial charge in [-0.1, -0.05) is 6.07 Å². The third-order valence-corrected chi connectivity index (χ3v) is 7.64. The number of nitrogen functional groups attached to an aromatic ring is 1. The number of benzene rings is 1. The van der Waals surface area contributed by atoms with E-state index in [1.165, 1.54) is 11.3 Å². The van der Waals surface area contributed by atoms with Crippen molar-refractivity contribution < 1.29 is 19.1 Å². The molecular weight excluding hydrogens is 490 g/mol. The van der Waals surface area contributed by atoms with Crippen LogP contribution in [0.25, 0.3) is 10.2 Å². The molecule has 3 aromatic rings. The molecule has 2 aliphatic rings. The first-order chi connectivity index (χ1) is 17.6.